The molecule has 2 rings (SSSR count). The highest BCUT2D eigenvalue weighted by atomic mass is 79.9. The van der Waals surface area contributed by atoms with E-state index in [9.17, 15) is 10.1 Å². The summed E-state index contributed by atoms with van der Waals surface area (Å²) in [7, 11) is 0. The van der Waals surface area contributed by atoms with Crippen LogP contribution in [0.5, 0.6) is 5.75 Å². The highest BCUT2D eigenvalue weighted by Crippen LogP contribution is 2.29. The fourth-order valence-corrected chi connectivity index (χ4v) is 2.07. The van der Waals surface area contributed by atoms with E-state index in [2.05, 4.69) is 26.2 Å². The number of anilines is 1. The number of pyridine rings is 1. The van der Waals surface area contributed by atoms with Crippen LogP contribution in [-0.2, 0) is 6.61 Å². The maximum Gasteiger partial charge on any atom is 0.273 e. The SMILES string of the molecule is CCNc1cccc(COc2cc([N+](=O)[O-])ccc2Br)n1. The van der Waals surface area contributed by atoms with Gasteiger partial charge in [-0.15, -0.1) is 0 Å². The van der Waals surface area contributed by atoms with Crippen molar-refractivity contribution >= 4 is 27.4 Å². The van der Waals surface area contributed by atoms with E-state index in [1.54, 1.807) is 6.07 Å². The molecule has 0 saturated heterocycles. The second-order valence-corrected chi connectivity index (χ2v) is 5.06. The summed E-state index contributed by atoms with van der Waals surface area (Å²) in [6, 6.07) is 9.99. The Bertz CT molecular complexity index is 649. The van der Waals surface area contributed by atoms with Gasteiger partial charge in [0, 0.05) is 12.6 Å². The van der Waals surface area contributed by atoms with E-state index >= 15 is 0 Å². The molecule has 1 aromatic heterocycles. The summed E-state index contributed by atoms with van der Waals surface area (Å²) in [6.07, 6.45) is 0. The molecule has 0 unspecified atom stereocenters. The Morgan fingerprint density at radius 1 is 1.38 bits per heavy atom. The Morgan fingerprint density at radius 3 is 2.90 bits per heavy atom. The molecule has 0 aliphatic heterocycles. The average molecular weight is 352 g/mol. The molecule has 2 aromatic rings. The highest BCUT2D eigenvalue weighted by Gasteiger charge is 2.11. The van der Waals surface area contributed by atoms with Gasteiger partial charge in [0.15, 0.2) is 0 Å². The first-order chi connectivity index (χ1) is 10.1. The number of aromatic nitrogens is 1. The van der Waals surface area contributed by atoms with E-state index in [0.717, 1.165) is 18.1 Å². The van der Waals surface area contributed by atoms with Crippen molar-refractivity contribution in [3.63, 3.8) is 0 Å². The van der Waals surface area contributed by atoms with Crippen LogP contribution in [-0.4, -0.2) is 16.5 Å². The van der Waals surface area contributed by atoms with E-state index in [0.29, 0.717) is 10.2 Å². The van der Waals surface area contributed by atoms with E-state index < -0.39 is 4.92 Å². The van der Waals surface area contributed by atoms with Crippen LogP contribution >= 0.6 is 15.9 Å². The lowest BCUT2D eigenvalue weighted by molar-refractivity contribution is -0.385. The fraction of sp³-hybridized carbons (Fsp3) is 0.214. The summed E-state index contributed by atoms with van der Waals surface area (Å²) in [5.41, 5.74) is 0.731. The molecule has 0 radical (unpaired) electrons. The molecule has 0 atom stereocenters. The number of nitro benzene ring substituents is 1. The lowest BCUT2D eigenvalue weighted by Crippen LogP contribution is -2.03. The normalized spacial score (nSPS) is 10.2. The molecule has 1 aromatic carbocycles. The van der Waals surface area contributed by atoms with Crippen molar-refractivity contribution in [2.75, 3.05) is 11.9 Å². The standard InChI is InChI=1S/C14H14BrN3O3/c1-2-16-14-5-3-4-10(17-14)9-21-13-8-11(18(19)20)6-7-12(13)15/h3-8H,2,9H2,1H3,(H,16,17). The van der Waals surface area contributed by atoms with Gasteiger partial charge >= 0.3 is 0 Å². The third-order valence-electron chi connectivity index (χ3n) is 2.67. The van der Waals surface area contributed by atoms with Crippen molar-refractivity contribution in [2.45, 2.75) is 13.5 Å². The Labute approximate surface area is 130 Å². The molecule has 1 heterocycles. The number of benzene rings is 1. The topological polar surface area (TPSA) is 77.3 Å². The van der Waals surface area contributed by atoms with Crippen molar-refractivity contribution in [3.8, 4) is 5.75 Å². The van der Waals surface area contributed by atoms with E-state index in [-0.39, 0.29) is 12.3 Å². The van der Waals surface area contributed by atoms with E-state index in [4.69, 9.17) is 4.74 Å². The van der Waals surface area contributed by atoms with E-state index in [1.165, 1.54) is 12.1 Å². The molecular formula is C14H14BrN3O3. The molecule has 0 aliphatic rings. The second kappa shape index (κ2) is 7.03. The first kappa shape index (κ1) is 15.2. The van der Waals surface area contributed by atoms with Crippen LogP contribution in [0.2, 0.25) is 0 Å². The maximum absolute atomic E-state index is 10.8. The Hall–Kier alpha value is -2.15. The summed E-state index contributed by atoms with van der Waals surface area (Å²) in [4.78, 5) is 14.7. The third-order valence-corrected chi connectivity index (χ3v) is 3.32. The van der Waals surface area contributed by atoms with Gasteiger partial charge in [-0.2, -0.15) is 0 Å². The predicted octanol–water partition coefficient (Wildman–Crippen LogP) is 3.76. The smallest absolute Gasteiger partial charge is 0.273 e. The largest absolute Gasteiger partial charge is 0.486 e. The summed E-state index contributed by atoms with van der Waals surface area (Å²) < 4.78 is 6.27. The molecule has 0 amide bonds. The molecule has 6 nitrogen and oxygen atoms in total. The summed E-state index contributed by atoms with van der Waals surface area (Å²) in [5, 5.41) is 13.9. The van der Waals surface area contributed by atoms with Gasteiger partial charge in [0.05, 0.1) is 21.2 Å². The van der Waals surface area contributed by atoms with Crippen LogP contribution < -0.4 is 10.1 Å². The number of hydrogen-bond donors (Lipinski definition) is 1. The van der Waals surface area contributed by atoms with Crippen molar-refractivity contribution in [1.82, 2.24) is 4.98 Å². The quantitative estimate of drug-likeness (QED) is 0.633. The number of nitro groups is 1. The molecule has 0 saturated carbocycles. The average Bonchev–Trinajstić information content (AvgIpc) is 2.47. The summed E-state index contributed by atoms with van der Waals surface area (Å²) >= 11 is 3.31. The van der Waals surface area contributed by atoms with Crippen molar-refractivity contribution in [1.29, 1.82) is 0 Å². The Balaban J connectivity index is 2.10. The van der Waals surface area contributed by atoms with Crippen molar-refractivity contribution < 1.29 is 9.66 Å². The lowest BCUT2D eigenvalue weighted by Gasteiger charge is -2.09. The monoisotopic (exact) mass is 351 g/mol. The number of non-ortho nitro benzene ring substituents is 1. The van der Waals surface area contributed by atoms with Crippen LogP contribution in [0, 0.1) is 10.1 Å². The maximum atomic E-state index is 10.8. The molecule has 1 N–H and O–H groups in total. The minimum Gasteiger partial charge on any atom is -0.486 e. The van der Waals surface area contributed by atoms with Crippen LogP contribution in [0.25, 0.3) is 0 Å². The van der Waals surface area contributed by atoms with Gasteiger partial charge in [-0.1, -0.05) is 6.07 Å². The minimum absolute atomic E-state index is 0.0115. The lowest BCUT2D eigenvalue weighted by atomic mass is 10.3. The van der Waals surface area contributed by atoms with Crippen molar-refractivity contribution in [3.05, 3.63) is 56.7 Å². The number of nitrogens with one attached hydrogen (secondary N) is 1. The van der Waals surface area contributed by atoms with Crippen LogP contribution in [0.3, 0.4) is 0 Å². The number of rotatable bonds is 6. The summed E-state index contributed by atoms with van der Waals surface area (Å²) in [5.74, 6) is 1.19. The highest BCUT2D eigenvalue weighted by molar-refractivity contribution is 9.10. The molecule has 0 bridgehead atoms. The minimum atomic E-state index is -0.455. The fourth-order valence-electron chi connectivity index (χ4n) is 1.71. The van der Waals surface area contributed by atoms with Crippen LogP contribution in [0.1, 0.15) is 12.6 Å². The van der Waals surface area contributed by atoms with Gasteiger partial charge in [-0.05, 0) is 41.1 Å². The van der Waals surface area contributed by atoms with E-state index in [1.807, 2.05) is 25.1 Å². The Kier molecular flexibility index (Phi) is 5.10. The van der Waals surface area contributed by atoms with Crippen molar-refractivity contribution in [2.24, 2.45) is 0 Å². The van der Waals surface area contributed by atoms with Gasteiger partial charge in [0.25, 0.3) is 5.69 Å². The predicted molar refractivity (Wildman–Crippen MR) is 83.5 cm³/mol. The first-order valence-corrected chi connectivity index (χ1v) is 7.16. The zero-order chi connectivity index (χ0) is 15.2. The number of halogens is 1. The van der Waals surface area contributed by atoms with Gasteiger partial charge in [-0.3, -0.25) is 10.1 Å². The number of hydrogen-bond acceptors (Lipinski definition) is 5. The first-order valence-electron chi connectivity index (χ1n) is 6.36. The molecular weight excluding hydrogens is 338 g/mol. The number of nitrogens with zero attached hydrogens (tertiary/aromatic N) is 2. The van der Waals surface area contributed by atoms with Gasteiger partial charge in [0.1, 0.15) is 18.2 Å². The molecule has 21 heavy (non-hydrogen) atoms. The van der Waals surface area contributed by atoms with Crippen LogP contribution in [0.4, 0.5) is 11.5 Å². The molecule has 0 spiro atoms. The molecule has 110 valence electrons. The zero-order valence-corrected chi connectivity index (χ0v) is 13.0. The van der Waals surface area contributed by atoms with Crippen LogP contribution in [0.15, 0.2) is 40.9 Å². The second-order valence-electron chi connectivity index (χ2n) is 4.21. The van der Waals surface area contributed by atoms with Gasteiger partial charge < -0.3 is 10.1 Å². The third kappa shape index (κ3) is 4.16. The summed E-state index contributed by atoms with van der Waals surface area (Å²) in [6.45, 7) is 3.01. The number of ether oxygens (including phenoxy) is 1. The molecule has 7 heteroatoms. The molecule has 0 fully saturated rings. The zero-order valence-electron chi connectivity index (χ0n) is 11.4. The van der Waals surface area contributed by atoms with Gasteiger partial charge in [0.2, 0.25) is 0 Å². The van der Waals surface area contributed by atoms with Gasteiger partial charge in [-0.25, -0.2) is 4.98 Å². The Morgan fingerprint density at radius 2 is 2.19 bits per heavy atom. The molecule has 0 aliphatic carbocycles.